The quantitative estimate of drug-likeness (QED) is 0.172. The Labute approximate surface area is 166 Å². The fourth-order valence-corrected chi connectivity index (χ4v) is 2.84. The minimum atomic E-state index is -0.301. The fraction of sp³-hybridized carbons (Fsp3) is 0.739. The van der Waals surface area contributed by atoms with Crippen molar-refractivity contribution in [3.05, 3.63) is 24.3 Å². The number of carbonyl (C=O) groups excluding carboxylic acids is 2. The molecule has 0 aliphatic heterocycles. The van der Waals surface area contributed by atoms with E-state index in [1.807, 2.05) is 0 Å². The molecule has 0 radical (unpaired) electrons. The molecule has 0 aromatic rings. The van der Waals surface area contributed by atoms with Gasteiger partial charge in [-0.3, -0.25) is 0 Å². The summed E-state index contributed by atoms with van der Waals surface area (Å²) >= 11 is 0. The highest BCUT2D eigenvalue weighted by Crippen LogP contribution is 2.19. The smallest absolute Gasteiger partial charge is 0.333 e. The number of ether oxygens (including phenoxy) is 2. The second kappa shape index (κ2) is 16.6. The summed E-state index contributed by atoms with van der Waals surface area (Å²) < 4.78 is 10.5. The summed E-state index contributed by atoms with van der Waals surface area (Å²) in [5.41, 5.74) is 0.916. The molecule has 0 spiro atoms. The first-order valence-electron chi connectivity index (χ1n) is 10.5. The first-order valence-corrected chi connectivity index (χ1v) is 10.5. The zero-order valence-corrected chi connectivity index (χ0v) is 17.8. The molecule has 0 heterocycles. The minimum absolute atomic E-state index is 0.280. The molecule has 0 aliphatic carbocycles. The largest absolute Gasteiger partial charge is 0.462 e. The van der Waals surface area contributed by atoms with E-state index < -0.39 is 0 Å². The van der Waals surface area contributed by atoms with Gasteiger partial charge in [-0.05, 0) is 39.0 Å². The number of hydrogen-bond donors (Lipinski definition) is 0. The predicted molar refractivity (Wildman–Crippen MR) is 111 cm³/mol. The van der Waals surface area contributed by atoms with E-state index in [2.05, 4.69) is 20.1 Å². The number of unbranched alkanes of at least 4 members (excludes halogenated alkanes) is 7. The van der Waals surface area contributed by atoms with Crippen molar-refractivity contribution in [3.63, 3.8) is 0 Å². The summed E-state index contributed by atoms with van der Waals surface area (Å²) in [4.78, 5) is 22.9. The summed E-state index contributed by atoms with van der Waals surface area (Å²) in [6, 6.07) is 0. The van der Waals surface area contributed by atoms with E-state index in [-0.39, 0.29) is 11.9 Å². The average Bonchev–Trinajstić information content (AvgIpc) is 2.63. The van der Waals surface area contributed by atoms with Crippen LogP contribution in [0.15, 0.2) is 24.3 Å². The van der Waals surface area contributed by atoms with Crippen LogP contribution in [-0.2, 0) is 19.1 Å². The van der Waals surface area contributed by atoms with Gasteiger partial charge in [-0.25, -0.2) is 9.59 Å². The number of esters is 2. The Bertz CT molecular complexity index is 453. The van der Waals surface area contributed by atoms with Crippen molar-refractivity contribution in [3.8, 4) is 0 Å². The van der Waals surface area contributed by atoms with E-state index in [4.69, 9.17) is 9.47 Å². The monoisotopic (exact) mass is 380 g/mol. The summed E-state index contributed by atoms with van der Waals surface area (Å²) in [6.45, 7) is 13.8. The van der Waals surface area contributed by atoms with Gasteiger partial charge < -0.3 is 9.47 Å². The first kappa shape index (κ1) is 25.4. The number of carbonyl (C=O) groups is 2. The Hall–Kier alpha value is -1.58. The van der Waals surface area contributed by atoms with Gasteiger partial charge in [0.05, 0.1) is 13.2 Å². The van der Waals surface area contributed by atoms with Gasteiger partial charge >= 0.3 is 11.9 Å². The highest BCUT2D eigenvalue weighted by Gasteiger charge is 2.12. The maximum Gasteiger partial charge on any atom is 0.333 e. The second-order valence-corrected chi connectivity index (χ2v) is 7.57. The lowest BCUT2D eigenvalue weighted by molar-refractivity contribution is -0.140. The molecular formula is C23H40O4. The summed E-state index contributed by atoms with van der Waals surface area (Å²) in [6.07, 6.45) is 12.6. The van der Waals surface area contributed by atoms with Crippen molar-refractivity contribution in [1.29, 1.82) is 0 Å². The van der Waals surface area contributed by atoms with Crippen LogP contribution in [0, 0.1) is 5.92 Å². The Kier molecular flexibility index (Phi) is 15.6. The third kappa shape index (κ3) is 15.2. The zero-order valence-electron chi connectivity index (χ0n) is 17.8. The molecule has 4 nitrogen and oxygen atoms in total. The summed E-state index contributed by atoms with van der Waals surface area (Å²) in [7, 11) is 0. The Balaban J connectivity index is 3.91. The van der Waals surface area contributed by atoms with Gasteiger partial charge in [0.1, 0.15) is 0 Å². The maximum absolute atomic E-state index is 11.6. The lowest BCUT2D eigenvalue weighted by atomic mass is 9.95. The van der Waals surface area contributed by atoms with Gasteiger partial charge in [-0.15, -0.1) is 0 Å². The molecule has 4 heteroatoms. The highest BCUT2D eigenvalue weighted by molar-refractivity contribution is 5.87. The van der Waals surface area contributed by atoms with Crippen molar-refractivity contribution in [2.24, 2.45) is 5.92 Å². The summed E-state index contributed by atoms with van der Waals surface area (Å²) in [5, 5.41) is 0. The Morgan fingerprint density at radius 1 is 0.741 bits per heavy atom. The van der Waals surface area contributed by atoms with Crippen LogP contribution < -0.4 is 0 Å². The van der Waals surface area contributed by atoms with Gasteiger partial charge in [0.15, 0.2) is 0 Å². The Morgan fingerprint density at radius 3 is 1.78 bits per heavy atom. The van der Waals surface area contributed by atoms with Crippen LogP contribution in [0.2, 0.25) is 0 Å². The van der Waals surface area contributed by atoms with Crippen molar-refractivity contribution in [2.45, 2.75) is 91.4 Å². The van der Waals surface area contributed by atoms with Crippen molar-refractivity contribution < 1.29 is 19.1 Å². The maximum atomic E-state index is 11.6. The molecule has 1 unspecified atom stereocenters. The van der Waals surface area contributed by atoms with Crippen molar-refractivity contribution in [2.75, 3.05) is 13.2 Å². The average molecular weight is 381 g/mol. The normalized spacial score (nSPS) is 11.7. The van der Waals surface area contributed by atoms with Crippen LogP contribution in [0.25, 0.3) is 0 Å². The molecule has 0 saturated carbocycles. The van der Waals surface area contributed by atoms with Crippen LogP contribution in [-0.4, -0.2) is 25.2 Å². The first-order chi connectivity index (χ1) is 12.9. The van der Waals surface area contributed by atoms with E-state index in [1.165, 1.54) is 25.7 Å². The third-order valence-electron chi connectivity index (χ3n) is 4.60. The molecule has 0 aromatic carbocycles. The van der Waals surface area contributed by atoms with E-state index in [0.29, 0.717) is 30.3 Å². The van der Waals surface area contributed by atoms with E-state index in [0.717, 1.165) is 44.9 Å². The topological polar surface area (TPSA) is 52.6 Å². The van der Waals surface area contributed by atoms with E-state index >= 15 is 0 Å². The van der Waals surface area contributed by atoms with Gasteiger partial charge in [0, 0.05) is 11.1 Å². The number of hydrogen-bond acceptors (Lipinski definition) is 4. The molecule has 0 rings (SSSR count). The minimum Gasteiger partial charge on any atom is -0.462 e. The van der Waals surface area contributed by atoms with Crippen molar-refractivity contribution in [1.82, 2.24) is 0 Å². The lowest BCUT2D eigenvalue weighted by Gasteiger charge is -2.17. The molecule has 0 fully saturated rings. The summed E-state index contributed by atoms with van der Waals surface area (Å²) in [5.74, 6) is -0.134. The Morgan fingerprint density at radius 2 is 1.22 bits per heavy atom. The molecule has 27 heavy (non-hydrogen) atoms. The van der Waals surface area contributed by atoms with E-state index in [9.17, 15) is 9.59 Å². The SMILES string of the molecule is C=C(C)C(=O)OCCCCCCCC(CCCCCC)COC(=O)C(=C)C. The molecule has 0 N–H and O–H groups in total. The molecular weight excluding hydrogens is 340 g/mol. The predicted octanol–water partition coefficient (Wildman–Crippen LogP) is 6.15. The standard InChI is InChI=1S/C23H40O4/c1-6-7-8-12-15-21(18-27-23(25)20(4)5)16-13-10-9-11-14-17-26-22(24)19(2)3/h21H,2,4,6-18H2,1,3,5H3. The molecule has 0 aliphatic rings. The highest BCUT2D eigenvalue weighted by atomic mass is 16.5. The second-order valence-electron chi connectivity index (χ2n) is 7.57. The van der Waals surface area contributed by atoms with Gasteiger partial charge in [-0.1, -0.05) is 71.4 Å². The molecule has 0 amide bonds. The van der Waals surface area contributed by atoms with Crippen LogP contribution in [0.1, 0.15) is 91.4 Å². The lowest BCUT2D eigenvalue weighted by Crippen LogP contribution is -2.15. The van der Waals surface area contributed by atoms with Crippen LogP contribution in [0.3, 0.4) is 0 Å². The molecule has 0 saturated heterocycles. The zero-order chi connectivity index (χ0) is 20.5. The fourth-order valence-electron chi connectivity index (χ4n) is 2.84. The third-order valence-corrected chi connectivity index (χ3v) is 4.60. The van der Waals surface area contributed by atoms with Crippen LogP contribution in [0.5, 0.6) is 0 Å². The van der Waals surface area contributed by atoms with Gasteiger partial charge in [0.25, 0.3) is 0 Å². The number of rotatable bonds is 17. The van der Waals surface area contributed by atoms with Crippen LogP contribution in [0.4, 0.5) is 0 Å². The van der Waals surface area contributed by atoms with Crippen LogP contribution >= 0.6 is 0 Å². The van der Waals surface area contributed by atoms with Gasteiger partial charge in [-0.2, -0.15) is 0 Å². The molecule has 0 aromatic heterocycles. The van der Waals surface area contributed by atoms with Crippen molar-refractivity contribution >= 4 is 11.9 Å². The molecule has 1 atom stereocenters. The molecule has 0 bridgehead atoms. The van der Waals surface area contributed by atoms with E-state index in [1.54, 1.807) is 13.8 Å². The van der Waals surface area contributed by atoms with Gasteiger partial charge in [0.2, 0.25) is 0 Å². The molecule has 156 valence electrons.